The smallest absolute Gasteiger partial charge is 0.346 e. The Kier molecular flexibility index (Phi) is 12.5. The molecule has 0 fully saturated rings. The highest BCUT2D eigenvalue weighted by Crippen LogP contribution is 2.58. The summed E-state index contributed by atoms with van der Waals surface area (Å²) in [6.45, 7) is -0.872. The minimum atomic E-state index is -5.29. The number of alkyl halides is 8. The van der Waals surface area contributed by atoms with Crippen LogP contribution < -0.4 is 9.62 Å². The number of benzene rings is 2. The lowest BCUT2D eigenvalue weighted by molar-refractivity contribution is -0.143. The molecule has 2 aliphatic rings. The van der Waals surface area contributed by atoms with Crippen molar-refractivity contribution in [2.24, 2.45) is 5.92 Å². The predicted octanol–water partition coefficient (Wildman–Crippen LogP) is 8.03. The summed E-state index contributed by atoms with van der Waals surface area (Å²) in [4.78, 5) is 31.1. The van der Waals surface area contributed by atoms with Crippen LogP contribution in [0.5, 0.6) is 0 Å². The lowest BCUT2D eigenvalue weighted by atomic mass is 9.84. The SMILES string of the molecule is CC(C)(C#Cc1ccc(-c2ccc(Cl)c3c(N(C(=O)Cl)S(C)(=O)=O)nn(CC(F)(F)F)c23)c([C@H](Cc2cc(F)cc(F)c2)NC(=O)Cn2nc(C(F)(F)F)c3c2C(F)(F)[C@@H]2C#C[C@H]32)n1)S(C)(=O)=O. The molecule has 2 aromatic carbocycles. The van der Waals surface area contributed by atoms with E-state index in [9.17, 15) is 61.5 Å². The van der Waals surface area contributed by atoms with E-state index in [1.165, 1.54) is 13.8 Å². The van der Waals surface area contributed by atoms with Gasteiger partial charge in [0, 0.05) is 29.0 Å². The van der Waals surface area contributed by atoms with Gasteiger partial charge in [0.2, 0.25) is 15.9 Å². The van der Waals surface area contributed by atoms with Crippen LogP contribution in [0.25, 0.3) is 22.0 Å². The van der Waals surface area contributed by atoms with Crippen molar-refractivity contribution < 1.29 is 70.3 Å². The Balaban J connectivity index is 1.49. The number of pyridine rings is 1. The van der Waals surface area contributed by atoms with Crippen LogP contribution in [0.4, 0.5) is 54.5 Å². The number of sulfone groups is 1. The average Bonchev–Trinajstić information content (AvgIpc) is 3.74. The highest BCUT2D eigenvalue weighted by molar-refractivity contribution is 7.93. The first-order valence-electron chi connectivity index (χ1n) is 19.2. The van der Waals surface area contributed by atoms with Crippen molar-refractivity contribution in [1.29, 1.82) is 0 Å². The standard InChI is InChI=1S/C41H29Cl2F10N7O6S2/c1-38(2,67(3,63)64)12-11-22-5-6-23(24-8-10-27(42)31-33(24)59(18-39(46,47)48)57-36(31)60(37(43)62)68(4,65)66)32(54-22)28(15-19-13-20(44)16-21(45)14-19)55-29(61)17-58-35-30(34(56-58)41(51,52)53)25-7-9-26(25)40(35,49)50/h5-6,8,10,13-14,16,25-26,28H,15,17-18H2,1-4H3,(H,55,61)/t25-,26+,28-/m0/s1. The number of carbonyl (C=O) groups is 2. The summed E-state index contributed by atoms with van der Waals surface area (Å²) in [5, 5.41) is 6.65. The number of fused-ring (bicyclic) bond motifs is 4. The molecule has 7 rings (SSSR count). The first kappa shape index (κ1) is 50.0. The van der Waals surface area contributed by atoms with Gasteiger partial charge in [-0.25, -0.2) is 30.6 Å². The number of anilines is 1. The first-order chi connectivity index (χ1) is 31.2. The van der Waals surface area contributed by atoms with Gasteiger partial charge in [0.05, 0.1) is 39.8 Å². The molecule has 3 atom stereocenters. The lowest BCUT2D eigenvalue weighted by Gasteiger charge is -2.24. The molecule has 3 aromatic heterocycles. The van der Waals surface area contributed by atoms with Crippen LogP contribution in [0.15, 0.2) is 42.5 Å². The van der Waals surface area contributed by atoms with Gasteiger partial charge in [0.1, 0.15) is 46.8 Å². The molecule has 0 saturated carbocycles. The Morgan fingerprint density at radius 3 is 2.12 bits per heavy atom. The third-order valence-corrected chi connectivity index (χ3v) is 14.3. The van der Waals surface area contributed by atoms with E-state index in [2.05, 4.69) is 44.2 Å². The maximum absolute atomic E-state index is 15.7. The number of nitrogens with zero attached hydrogens (tertiary/aromatic N) is 6. The van der Waals surface area contributed by atoms with Crippen LogP contribution in [0, 0.1) is 41.2 Å². The Morgan fingerprint density at radius 2 is 1.57 bits per heavy atom. The van der Waals surface area contributed by atoms with E-state index in [0.29, 0.717) is 12.3 Å². The fourth-order valence-electron chi connectivity index (χ4n) is 7.56. The van der Waals surface area contributed by atoms with Crippen LogP contribution in [0.3, 0.4) is 0 Å². The van der Waals surface area contributed by atoms with Crippen LogP contribution in [-0.2, 0) is 56.3 Å². The van der Waals surface area contributed by atoms with E-state index < -0.39 is 148 Å². The van der Waals surface area contributed by atoms with E-state index in [1.54, 1.807) is 0 Å². The topological polar surface area (TPSA) is 166 Å². The van der Waals surface area contributed by atoms with E-state index in [0.717, 1.165) is 42.7 Å². The van der Waals surface area contributed by atoms with Crippen LogP contribution in [-0.4, -0.2) is 76.1 Å². The number of carbonyl (C=O) groups excluding carboxylic acids is 2. The zero-order valence-electron chi connectivity index (χ0n) is 34.9. The molecule has 13 nitrogen and oxygen atoms in total. The monoisotopic (exact) mass is 1040 g/mol. The molecule has 0 unspecified atom stereocenters. The first-order valence-corrected chi connectivity index (χ1v) is 23.7. The van der Waals surface area contributed by atoms with Gasteiger partial charge in [-0.15, -0.1) is 0 Å². The van der Waals surface area contributed by atoms with Gasteiger partial charge >= 0.3 is 23.6 Å². The molecule has 0 aliphatic heterocycles. The van der Waals surface area contributed by atoms with Gasteiger partial charge in [-0.3, -0.25) is 19.0 Å². The van der Waals surface area contributed by atoms with Gasteiger partial charge in [0.15, 0.2) is 21.3 Å². The number of rotatable bonds is 11. The highest BCUT2D eigenvalue weighted by atomic mass is 35.5. The van der Waals surface area contributed by atoms with E-state index in [4.69, 9.17) is 23.2 Å². The number of amides is 2. The highest BCUT2D eigenvalue weighted by Gasteiger charge is 2.62. The molecule has 68 heavy (non-hydrogen) atoms. The molecule has 360 valence electrons. The minimum absolute atomic E-state index is 0.128. The molecular weight excluding hydrogens is 1010 g/mol. The van der Waals surface area contributed by atoms with Crippen molar-refractivity contribution in [2.45, 2.75) is 68.3 Å². The van der Waals surface area contributed by atoms with Gasteiger partial charge in [-0.05, 0) is 73.7 Å². The van der Waals surface area contributed by atoms with Crippen molar-refractivity contribution in [3.63, 3.8) is 0 Å². The number of hydrogen-bond donors (Lipinski definition) is 1. The van der Waals surface area contributed by atoms with Gasteiger partial charge in [-0.1, -0.05) is 35.4 Å². The maximum atomic E-state index is 15.7. The van der Waals surface area contributed by atoms with E-state index in [-0.39, 0.29) is 36.1 Å². The van der Waals surface area contributed by atoms with Gasteiger partial charge in [-0.2, -0.15) is 49.6 Å². The lowest BCUT2D eigenvalue weighted by Crippen LogP contribution is -2.36. The molecule has 2 amide bonds. The fraction of sp³-hybridized carbons (Fsp3) is 0.341. The van der Waals surface area contributed by atoms with Crippen molar-refractivity contribution in [3.05, 3.63) is 93.0 Å². The third kappa shape index (κ3) is 9.45. The average molecular weight is 1040 g/mol. The number of hydrogen-bond acceptors (Lipinski definition) is 9. The second-order valence-corrected chi connectivity index (χ2v) is 21.2. The molecule has 0 radical (unpaired) electrons. The Bertz CT molecular complexity index is 3310. The fourth-order valence-corrected chi connectivity index (χ4v) is 9.19. The molecule has 0 bridgehead atoms. The quantitative estimate of drug-likeness (QED) is 0.0597. The summed E-state index contributed by atoms with van der Waals surface area (Å²) in [5.41, 5.74) is -6.34. The van der Waals surface area contributed by atoms with Crippen molar-refractivity contribution in [3.8, 4) is 34.8 Å². The van der Waals surface area contributed by atoms with Crippen LogP contribution in [0.1, 0.15) is 59.7 Å². The Morgan fingerprint density at radius 1 is 0.941 bits per heavy atom. The summed E-state index contributed by atoms with van der Waals surface area (Å²) in [5.74, 6) is -2.68. The number of halogens is 12. The van der Waals surface area contributed by atoms with Crippen LogP contribution >= 0.6 is 23.2 Å². The largest absolute Gasteiger partial charge is 0.435 e. The van der Waals surface area contributed by atoms with Gasteiger partial charge in [0.25, 0.3) is 0 Å². The predicted molar refractivity (Wildman–Crippen MR) is 224 cm³/mol. The van der Waals surface area contributed by atoms with Gasteiger partial charge < -0.3 is 5.32 Å². The zero-order chi connectivity index (χ0) is 50.4. The maximum Gasteiger partial charge on any atom is 0.435 e. The Labute approximate surface area is 388 Å². The second kappa shape index (κ2) is 17.0. The summed E-state index contributed by atoms with van der Waals surface area (Å²) < 4.78 is 196. The van der Waals surface area contributed by atoms with E-state index in [1.807, 2.05) is 0 Å². The number of nitrogens with one attached hydrogen (secondary N) is 1. The Hall–Kier alpha value is -5.89. The number of aromatic nitrogens is 5. The molecule has 2 aliphatic carbocycles. The molecule has 3 heterocycles. The molecule has 27 heteroatoms. The second-order valence-electron chi connectivity index (χ2n) is 16.1. The summed E-state index contributed by atoms with van der Waals surface area (Å²) in [6.07, 6.45) is -9.78. The summed E-state index contributed by atoms with van der Waals surface area (Å²) >= 11 is 12.1. The molecule has 0 saturated heterocycles. The number of sulfonamides is 1. The van der Waals surface area contributed by atoms with Crippen LogP contribution in [0.2, 0.25) is 5.02 Å². The van der Waals surface area contributed by atoms with Crippen molar-refractivity contribution >= 4 is 71.1 Å². The summed E-state index contributed by atoms with van der Waals surface area (Å²) in [6, 6.07) is 4.63. The molecule has 0 spiro atoms. The molecule has 1 N–H and O–H groups in total. The summed E-state index contributed by atoms with van der Waals surface area (Å²) in [7, 11) is -8.66. The van der Waals surface area contributed by atoms with E-state index >= 15 is 8.78 Å². The normalized spacial score (nSPS) is 17.0. The third-order valence-electron chi connectivity index (χ3n) is 10.8. The van der Waals surface area contributed by atoms with Crippen molar-refractivity contribution in [2.75, 3.05) is 16.8 Å². The van der Waals surface area contributed by atoms with Crippen molar-refractivity contribution in [1.82, 2.24) is 29.9 Å². The zero-order valence-corrected chi connectivity index (χ0v) is 38.0. The minimum Gasteiger partial charge on any atom is -0.346 e. The molecule has 5 aromatic rings. The molecular formula is C41H29Cl2F10N7O6S2.